The van der Waals surface area contributed by atoms with E-state index in [-0.39, 0.29) is 11.5 Å². The van der Waals surface area contributed by atoms with Gasteiger partial charge in [0.25, 0.3) is 0 Å². The van der Waals surface area contributed by atoms with Crippen molar-refractivity contribution in [3.05, 3.63) is 93.1 Å². The van der Waals surface area contributed by atoms with Crippen LogP contribution in [0, 0.1) is 6.92 Å². The second kappa shape index (κ2) is 8.76. The normalized spacial score (nSPS) is 13.8. The van der Waals surface area contributed by atoms with E-state index in [0.717, 1.165) is 26.9 Å². The van der Waals surface area contributed by atoms with Crippen molar-refractivity contribution in [2.24, 2.45) is 0 Å². The van der Waals surface area contributed by atoms with E-state index < -0.39 is 0 Å². The molecule has 0 atom stereocenters. The van der Waals surface area contributed by atoms with E-state index in [1.807, 2.05) is 68.4 Å². The maximum Gasteiger partial charge on any atom is 0.231 e. The van der Waals surface area contributed by atoms with E-state index in [4.69, 9.17) is 14.2 Å². The Hall–Kier alpha value is -3.05. The van der Waals surface area contributed by atoms with Gasteiger partial charge in [-0.3, -0.25) is 4.79 Å². The average Bonchev–Trinajstić information content (AvgIpc) is 3.07. The molecule has 0 spiro atoms. The monoisotopic (exact) mass is 464 g/mol. The number of benzene rings is 3. The molecule has 30 heavy (non-hydrogen) atoms. The summed E-state index contributed by atoms with van der Waals surface area (Å²) in [4.78, 5) is 12.9. The smallest absolute Gasteiger partial charge is 0.231 e. The third kappa shape index (κ3) is 4.12. The molecule has 1 heterocycles. The molecule has 0 saturated heterocycles. The number of ether oxygens (including phenoxy) is 3. The molecule has 1 aliphatic rings. The molecule has 3 aromatic rings. The molecule has 3 aromatic carbocycles. The van der Waals surface area contributed by atoms with Crippen molar-refractivity contribution in [3.63, 3.8) is 0 Å². The van der Waals surface area contributed by atoms with E-state index >= 15 is 0 Å². The molecule has 152 valence electrons. The van der Waals surface area contributed by atoms with E-state index in [1.165, 1.54) is 0 Å². The summed E-state index contributed by atoms with van der Waals surface area (Å²) < 4.78 is 18.6. The second-order valence-corrected chi connectivity index (χ2v) is 7.81. The van der Waals surface area contributed by atoms with Crippen LogP contribution in [0.3, 0.4) is 0 Å². The lowest BCUT2D eigenvalue weighted by Crippen LogP contribution is -1.99. The first-order valence-corrected chi connectivity index (χ1v) is 10.5. The van der Waals surface area contributed by atoms with E-state index in [0.29, 0.717) is 30.3 Å². The van der Waals surface area contributed by atoms with Gasteiger partial charge >= 0.3 is 0 Å². The third-order valence-corrected chi connectivity index (χ3v) is 5.38. The van der Waals surface area contributed by atoms with Crippen molar-refractivity contribution < 1.29 is 19.0 Å². The molecule has 0 amide bonds. The summed E-state index contributed by atoms with van der Waals surface area (Å²) in [6.45, 7) is 4.81. The predicted octanol–water partition coefficient (Wildman–Crippen LogP) is 6.35. The van der Waals surface area contributed by atoms with Gasteiger partial charge in [-0.15, -0.1) is 0 Å². The zero-order chi connectivity index (χ0) is 21.1. The highest BCUT2D eigenvalue weighted by atomic mass is 79.9. The fourth-order valence-corrected chi connectivity index (χ4v) is 3.56. The molecule has 5 heteroatoms. The van der Waals surface area contributed by atoms with Crippen LogP contribution in [0.1, 0.15) is 34.0 Å². The van der Waals surface area contributed by atoms with Gasteiger partial charge in [0, 0.05) is 15.6 Å². The third-order valence-electron chi connectivity index (χ3n) is 4.85. The molecule has 0 aliphatic carbocycles. The molecule has 4 nitrogen and oxygen atoms in total. The minimum Gasteiger partial charge on any atom is -0.493 e. The summed E-state index contributed by atoms with van der Waals surface area (Å²) in [6, 6.07) is 19.1. The fraction of sp³-hybridized carbons (Fsp3) is 0.160. The van der Waals surface area contributed by atoms with Gasteiger partial charge in [0.05, 0.1) is 12.2 Å². The maximum absolute atomic E-state index is 12.9. The van der Waals surface area contributed by atoms with Gasteiger partial charge in [-0.25, -0.2) is 0 Å². The van der Waals surface area contributed by atoms with Crippen LogP contribution in [-0.2, 0) is 6.61 Å². The highest BCUT2D eigenvalue weighted by Crippen LogP contribution is 2.40. The highest BCUT2D eigenvalue weighted by molar-refractivity contribution is 9.10. The molecule has 0 bridgehead atoms. The summed E-state index contributed by atoms with van der Waals surface area (Å²) in [5, 5.41) is 0. The van der Waals surface area contributed by atoms with E-state index in [1.54, 1.807) is 12.1 Å². The van der Waals surface area contributed by atoms with Crippen molar-refractivity contribution in [1.29, 1.82) is 0 Å². The first-order valence-electron chi connectivity index (χ1n) is 9.73. The topological polar surface area (TPSA) is 44.8 Å². The number of ketones is 1. The van der Waals surface area contributed by atoms with Gasteiger partial charge in [0.15, 0.2) is 5.76 Å². The molecule has 4 rings (SSSR count). The Morgan fingerprint density at radius 1 is 0.967 bits per heavy atom. The van der Waals surface area contributed by atoms with E-state index in [2.05, 4.69) is 15.9 Å². The number of hydrogen-bond acceptors (Lipinski definition) is 4. The first kappa shape index (κ1) is 20.2. The lowest BCUT2D eigenvalue weighted by Gasteiger charge is -2.11. The van der Waals surface area contributed by atoms with Crippen LogP contribution in [0.25, 0.3) is 6.08 Å². The molecule has 0 radical (unpaired) electrons. The minimum absolute atomic E-state index is 0.140. The maximum atomic E-state index is 12.9. The van der Waals surface area contributed by atoms with Crippen molar-refractivity contribution in [2.75, 3.05) is 6.61 Å². The summed E-state index contributed by atoms with van der Waals surface area (Å²) in [5.74, 6) is 2.10. The van der Waals surface area contributed by atoms with E-state index in [9.17, 15) is 4.79 Å². The number of allylic oxidation sites excluding steroid dienone is 1. The lowest BCUT2D eigenvalue weighted by molar-refractivity contribution is 0.101. The quantitative estimate of drug-likeness (QED) is 0.398. The summed E-state index contributed by atoms with van der Waals surface area (Å²) >= 11 is 3.43. The van der Waals surface area contributed by atoms with Gasteiger partial charge in [-0.2, -0.15) is 0 Å². The number of carbonyl (C=O) groups excluding carboxylic acids is 1. The lowest BCUT2D eigenvalue weighted by atomic mass is 10.1. The Morgan fingerprint density at radius 3 is 2.50 bits per heavy atom. The zero-order valence-electron chi connectivity index (χ0n) is 16.8. The fourth-order valence-electron chi connectivity index (χ4n) is 3.29. The predicted molar refractivity (Wildman–Crippen MR) is 120 cm³/mol. The largest absolute Gasteiger partial charge is 0.493 e. The van der Waals surface area contributed by atoms with Crippen LogP contribution in [0.15, 0.2) is 70.9 Å². The molecular formula is C25H21BrO4. The molecule has 0 N–H and O–H groups in total. The number of halogens is 1. The summed E-state index contributed by atoms with van der Waals surface area (Å²) in [5.41, 5.74) is 3.21. The highest BCUT2D eigenvalue weighted by Gasteiger charge is 2.30. The Balaban J connectivity index is 1.57. The minimum atomic E-state index is -0.140. The van der Waals surface area contributed by atoms with Gasteiger partial charge in [0.2, 0.25) is 5.78 Å². The van der Waals surface area contributed by atoms with Crippen molar-refractivity contribution in [2.45, 2.75) is 20.5 Å². The zero-order valence-corrected chi connectivity index (χ0v) is 18.4. The Bertz CT molecular complexity index is 1120. The number of Topliss-reactive ketones (excluding diaryl/α,β-unsaturated/α-hetero) is 1. The van der Waals surface area contributed by atoms with Crippen LogP contribution in [0.2, 0.25) is 0 Å². The van der Waals surface area contributed by atoms with Crippen LogP contribution >= 0.6 is 15.9 Å². The Morgan fingerprint density at radius 2 is 1.73 bits per heavy atom. The Labute approximate surface area is 184 Å². The average molecular weight is 465 g/mol. The van der Waals surface area contributed by atoms with Crippen molar-refractivity contribution >= 4 is 27.8 Å². The molecule has 0 saturated carbocycles. The van der Waals surface area contributed by atoms with Crippen molar-refractivity contribution in [3.8, 4) is 17.2 Å². The number of carbonyl (C=O) groups is 1. The SMILES string of the molecule is CCOc1ccccc1/C=C1\Oc2c(ccc(OCc3ccc(Br)cc3)c2C)C1=O. The van der Waals surface area contributed by atoms with Crippen LogP contribution in [0.5, 0.6) is 17.2 Å². The van der Waals surface area contributed by atoms with Crippen molar-refractivity contribution in [1.82, 2.24) is 0 Å². The molecule has 0 unspecified atom stereocenters. The second-order valence-electron chi connectivity index (χ2n) is 6.89. The van der Waals surface area contributed by atoms with Gasteiger partial charge in [0.1, 0.15) is 23.9 Å². The molecular weight excluding hydrogens is 444 g/mol. The number of hydrogen-bond donors (Lipinski definition) is 0. The number of rotatable bonds is 6. The number of fused-ring (bicyclic) bond motifs is 1. The Kier molecular flexibility index (Phi) is 5.91. The van der Waals surface area contributed by atoms with Crippen LogP contribution in [0.4, 0.5) is 0 Å². The van der Waals surface area contributed by atoms with Crippen LogP contribution in [-0.4, -0.2) is 12.4 Å². The van der Waals surface area contributed by atoms with Gasteiger partial charge in [-0.05, 0) is 55.8 Å². The molecule has 0 fully saturated rings. The first-order chi connectivity index (χ1) is 14.6. The number of para-hydroxylation sites is 1. The summed E-state index contributed by atoms with van der Waals surface area (Å²) in [6.07, 6.45) is 1.73. The van der Waals surface area contributed by atoms with Crippen LogP contribution < -0.4 is 14.2 Å². The molecule has 0 aromatic heterocycles. The molecule has 1 aliphatic heterocycles. The van der Waals surface area contributed by atoms with Gasteiger partial charge in [-0.1, -0.05) is 46.3 Å². The standard InChI is InChI=1S/C25H21BrO4/c1-3-28-22-7-5-4-6-18(22)14-23-24(27)20-12-13-21(16(2)25(20)30-23)29-15-17-8-10-19(26)11-9-17/h4-14H,3,15H2,1-2H3/b23-14-. The summed E-state index contributed by atoms with van der Waals surface area (Å²) in [7, 11) is 0. The van der Waals surface area contributed by atoms with Gasteiger partial charge < -0.3 is 14.2 Å².